The lowest BCUT2D eigenvalue weighted by molar-refractivity contribution is 0.171. The zero-order valence-corrected chi connectivity index (χ0v) is 12.4. The third-order valence-electron chi connectivity index (χ3n) is 3.29. The molecule has 3 aromatic rings. The molecule has 3 heterocycles. The second-order valence-electron chi connectivity index (χ2n) is 4.68. The lowest BCUT2D eigenvalue weighted by atomic mass is 10.1. The molecule has 0 amide bonds. The third kappa shape index (κ3) is 2.08. The van der Waals surface area contributed by atoms with Gasteiger partial charge in [-0.15, -0.1) is 11.3 Å². The third-order valence-corrected chi connectivity index (χ3v) is 4.06. The van der Waals surface area contributed by atoms with Gasteiger partial charge in [0.05, 0.1) is 30.2 Å². The summed E-state index contributed by atoms with van der Waals surface area (Å²) in [5, 5.41) is 16.7. The van der Waals surface area contributed by atoms with Crippen LogP contribution in [0.2, 0.25) is 0 Å². The van der Waals surface area contributed by atoms with Crippen molar-refractivity contribution < 1.29 is 9.84 Å². The Hall–Kier alpha value is -1.86. The smallest absolute Gasteiger partial charge is 0.217 e. The van der Waals surface area contributed by atoms with Crippen LogP contribution < -0.4 is 4.74 Å². The van der Waals surface area contributed by atoms with Crippen LogP contribution in [0.3, 0.4) is 0 Å². The van der Waals surface area contributed by atoms with Crippen LogP contribution in [0.15, 0.2) is 17.8 Å². The van der Waals surface area contributed by atoms with Gasteiger partial charge in [-0.1, -0.05) is 0 Å². The molecule has 0 fully saturated rings. The Morgan fingerprint density at radius 3 is 3.00 bits per heavy atom. The number of hydrogen-bond acceptors (Lipinski definition) is 5. The minimum atomic E-state index is -0.678. The van der Waals surface area contributed by atoms with Gasteiger partial charge in [0, 0.05) is 31.2 Å². The largest absolute Gasteiger partial charge is 0.481 e. The summed E-state index contributed by atoms with van der Waals surface area (Å²) in [6.07, 6.45) is 3.66. The van der Waals surface area contributed by atoms with Gasteiger partial charge >= 0.3 is 0 Å². The van der Waals surface area contributed by atoms with Crippen LogP contribution in [-0.4, -0.2) is 31.4 Å². The number of aromatic nitrogens is 4. The molecule has 0 aliphatic heterocycles. The zero-order valence-electron chi connectivity index (χ0n) is 11.6. The number of nitrogens with zero attached hydrogens (tertiary/aromatic N) is 4. The molecule has 1 atom stereocenters. The first-order valence-electron chi connectivity index (χ1n) is 6.26. The van der Waals surface area contributed by atoms with E-state index >= 15 is 0 Å². The van der Waals surface area contributed by atoms with Crippen molar-refractivity contribution >= 4 is 16.3 Å². The van der Waals surface area contributed by atoms with Gasteiger partial charge in [0.15, 0.2) is 4.96 Å². The summed E-state index contributed by atoms with van der Waals surface area (Å²) in [5.41, 5.74) is 2.36. The Kier molecular flexibility index (Phi) is 3.23. The maximum atomic E-state index is 10.5. The maximum Gasteiger partial charge on any atom is 0.217 e. The highest BCUT2D eigenvalue weighted by Gasteiger charge is 2.22. The van der Waals surface area contributed by atoms with Crippen LogP contribution in [0.1, 0.15) is 23.1 Å². The molecule has 0 aromatic carbocycles. The summed E-state index contributed by atoms with van der Waals surface area (Å²) >= 11 is 1.58. The van der Waals surface area contributed by atoms with Gasteiger partial charge in [-0.3, -0.25) is 4.40 Å². The molecule has 20 heavy (non-hydrogen) atoms. The fourth-order valence-electron chi connectivity index (χ4n) is 2.45. The number of hydrogen-bond donors (Lipinski definition) is 1. The van der Waals surface area contributed by atoms with Gasteiger partial charge in [0.2, 0.25) is 5.88 Å². The molecule has 7 heteroatoms. The minimum absolute atomic E-state index is 0.442. The van der Waals surface area contributed by atoms with E-state index in [-0.39, 0.29) is 0 Å². The van der Waals surface area contributed by atoms with Crippen LogP contribution in [0.5, 0.6) is 5.88 Å². The number of fused-ring (bicyclic) bond motifs is 1. The number of aliphatic hydroxyl groups is 1. The molecule has 0 saturated heterocycles. The predicted octanol–water partition coefficient (Wildman–Crippen LogP) is 1.72. The molecule has 3 aromatic heterocycles. The van der Waals surface area contributed by atoms with Gasteiger partial charge < -0.3 is 9.84 Å². The highest BCUT2D eigenvalue weighted by Crippen LogP contribution is 2.30. The van der Waals surface area contributed by atoms with Crippen LogP contribution in [0.4, 0.5) is 0 Å². The molecule has 0 bridgehead atoms. The molecular weight excluding hydrogens is 276 g/mol. The number of ether oxygens (including phenoxy) is 1. The minimum Gasteiger partial charge on any atom is -0.481 e. The first-order chi connectivity index (χ1) is 9.60. The van der Waals surface area contributed by atoms with E-state index < -0.39 is 6.10 Å². The topological polar surface area (TPSA) is 64.6 Å². The quantitative estimate of drug-likeness (QED) is 0.795. The van der Waals surface area contributed by atoms with Gasteiger partial charge in [-0.2, -0.15) is 5.10 Å². The normalized spacial score (nSPS) is 13.0. The number of aryl methyl sites for hydroxylation is 2. The Morgan fingerprint density at radius 1 is 1.50 bits per heavy atom. The van der Waals surface area contributed by atoms with Gasteiger partial charge in [-0.25, -0.2) is 9.67 Å². The summed E-state index contributed by atoms with van der Waals surface area (Å²) in [5.74, 6) is 0.594. The zero-order chi connectivity index (χ0) is 14.3. The van der Waals surface area contributed by atoms with E-state index in [9.17, 15) is 5.11 Å². The van der Waals surface area contributed by atoms with Crippen LogP contribution in [0, 0.1) is 6.92 Å². The second-order valence-corrected chi connectivity index (χ2v) is 5.55. The van der Waals surface area contributed by atoms with E-state index in [1.807, 2.05) is 29.1 Å². The van der Waals surface area contributed by atoms with Crippen molar-refractivity contribution in [3.8, 4) is 5.88 Å². The molecular formula is C13H16N4O2S. The van der Waals surface area contributed by atoms with Crippen molar-refractivity contribution in [2.75, 3.05) is 7.11 Å². The molecule has 1 unspecified atom stereocenters. The number of imidazole rings is 1. The molecule has 0 aliphatic rings. The van der Waals surface area contributed by atoms with Crippen molar-refractivity contribution in [3.05, 3.63) is 34.7 Å². The maximum absolute atomic E-state index is 10.5. The second kappa shape index (κ2) is 4.92. The number of aliphatic hydroxyl groups excluding tert-OH is 1. The molecule has 0 aliphatic carbocycles. The standard InChI is InChI=1S/C13H16N4O2S/c1-8-11(12(19-3)16(2)15-8)10(18)6-9-7-17-4-5-20-13(17)14-9/h4-5,7,10,18H,6H2,1-3H3. The van der Waals surface area contributed by atoms with Crippen LogP contribution in [-0.2, 0) is 13.5 Å². The summed E-state index contributed by atoms with van der Waals surface area (Å²) in [6.45, 7) is 1.87. The Labute approximate surface area is 120 Å². The highest BCUT2D eigenvalue weighted by atomic mass is 32.1. The fraction of sp³-hybridized carbons (Fsp3) is 0.385. The van der Waals surface area contributed by atoms with Gasteiger partial charge in [0.25, 0.3) is 0 Å². The van der Waals surface area contributed by atoms with E-state index in [2.05, 4.69) is 10.1 Å². The van der Waals surface area contributed by atoms with Crippen molar-refractivity contribution in [1.82, 2.24) is 19.2 Å². The van der Waals surface area contributed by atoms with Gasteiger partial charge in [-0.05, 0) is 6.92 Å². The molecule has 0 spiro atoms. The van der Waals surface area contributed by atoms with Crippen molar-refractivity contribution in [2.24, 2.45) is 7.05 Å². The van der Waals surface area contributed by atoms with E-state index in [1.165, 1.54) is 0 Å². The average molecular weight is 292 g/mol. The van der Waals surface area contributed by atoms with Gasteiger partial charge in [0.1, 0.15) is 0 Å². The first kappa shape index (κ1) is 13.1. The van der Waals surface area contributed by atoms with E-state index in [0.29, 0.717) is 12.3 Å². The summed E-state index contributed by atoms with van der Waals surface area (Å²) in [4.78, 5) is 5.42. The van der Waals surface area contributed by atoms with E-state index in [1.54, 1.807) is 30.2 Å². The van der Waals surface area contributed by atoms with Crippen LogP contribution in [0.25, 0.3) is 4.96 Å². The molecule has 3 rings (SSSR count). The number of methoxy groups -OCH3 is 1. The number of thiazole rings is 1. The summed E-state index contributed by atoms with van der Waals surface area (Å²) in [7, 11) is 3.38. The molecule has 1 N–H and O–H groups in total. The lowest BCUT2D eigenvalue weighted by Crippen LogP contribution is -2.05. The van der Waals surface area contributed by atoms with Crippen LogP contribution >= 0.6 is 11.3 Å². The Bertz CT molecular complexity index is 714. The summed E-state index contributed by atoms with van der Waals surface area (Å²) in [6, 6.07) is 0. The van der Waals surface area contributed by atoms with Crippen molar-refractivity contribution in [1.29, 1.82) is 0 Å². The molecule has 6 nitrogen and oxygen atoms in total. The Morgan fingerprint density at radius 2 is 2.30 bits per heavy atom. The Balaban J connectivity index is 1.89. The first-order valence-corrected chi connectivity index (χ1v) is 7.14. The molecule has 0 saturated carbocycles. The van der Waals surface area contributed by atoms with Crippen molar-refractivity contribution in [2.45, 2.75) is 19.4 Å². The van der Waals surface area contributed by atoms with E-state index in [4.69, 9.17) is 4.74 Å². The SMILES string of the molecule is COc1c(C(O)Cc2cn3ccsc3n2)c(C)nn1C. The predicted molar refractivity (Wildman–Crippen MR) is 76.2 cm³/mol. The van der Waals surface area contributed by atoms with E-state index in [0.717, 1.165) is 21.9 Å². The summed E-state index contributed by atoms with van der Waals surface area (Å²) < 4.78 is 8.91. The van der Waals surface area contributed by atoms with Crippen molar-refractivity contribution in [3.63, 3.8) is 0 Å². The fourth-order valence-corrected chi connectivity index (χ4v) is 3.17. The average Bonchev–Trinajstić information content (AvgIpc) is 3.01. The number of rotatable bonds is 4. The lowest BCUT2D eigenvalue weighted by Gasteiger charge is -2.10. The molecule has 0 radical (unpaired) electrons. The molecule has 106 valence electrons. The monoisotopic (exact) mass is 292 g/mol. The highest BCUT2D eigenvalue weighted by molar-refractivity contribution is 7.15.